The molecular weight excluding hydrogens is 625 g/mol. The number of rotatable bonds is 12. The standard InChI is InChI=1S/C30H36IN3O4S/c1-5-23(3)32-30(36)28(19-24-11-7-6-8-12-24)33(20-25-13-9-10-22(2)18-25)29(35)21-34(39(4,37)38)27-16-14-26(31)15-17-27/h6-18,23,28H,5,19-21H2,1-4H3,(H,32,36)/t23-,28+/m1/s1. The van der Waals surface area contributed by atoms with Crippen LogP contribution in [-0.4, -0.2) is 50.0 Å². The van der Waals surface area contributed by atoms with Crippen LogP contribution in [0.4, 0.5) is 5.69 Å². The van der Waals surface area contributed by atoms with Crippen molar-refractivity contribution in [3.05, 3.63) is 99.1 Å². The van der Waals surface area contributed by atoms with Crippen LogP contribution in [-0.2, 0) is 32.6 Å². The summed E-state index contributed by atoms with van der Waals surface area (Å²) in [5.41, 5.74) is 3.19. The second kappa shape index (κ2) is 13.9. The van der Waals surface area contributed by atoms with Crippen molar-refractivity contribution in [3.8, 4) is 0 Å². The predicted molar refractivity (Wildman–Crippen MR) is 165 cm³/mol. The van der Waals surface area contributed by atoms with E-state index < -0.39 is 28.5 Å². The van der Waals surface area contributed by atoms with Gasteiger partial charge in [-0.1, -0.05) is 67.1 Å². The Morgan fingerprint density at radius 2 is 1.59 bits per heavy atom. The van der Waals surface area contributed by atoms with Crippen molar-refractivity contribution in [1.29, 1.82) is 0 Å². The number of benzene rings is 3. The SMILES string of the molecule is CC[C@@H](C)NC(=O)[C@H](Cc1ccccc1)N(Cc1cccc(C)c1)C(=O)CN(c1ccc(I)cc1)S(C)(=O)=O. The maximum Gasteiger partial charge on any atom is 0.244 e. The zero-order valence-electron chi connectivity index (χ0n) is 22.8. The molecule has 0 aliphatic heterocycles. The van der Waals surface area contributed by atoms with Gasteiger partial charge in [0.05, 0.1) is 11.9 Å². The molecule has 0 aliphatic rings. The molecule has 3 aromatic rings. The summed E-state index contributed by atoms with van der Waals surface area (Å²) >= 11 is 2.14. The summed E-state index contributed by atoms with van der Waals surface area (Å²) < 4.78 is 27.7. The van der Waals surface area contributed by atoms with Crippen LogP contribution in [0.25, 0.3) is 0 Å². The van der Waals surface area contributed by atoms with E-state index in [-0.39, 0.29) is 18.5 Å². The molecular formula is C30H36IN3O4S. The van der Waals surface area contributed by atoms with E-state index in [1.54, 1.807) is 24.3 Å². The average Bonchev–Trinajstić information content (AvgIpc) is 2.89. The minimum Gasteiger partial charge on any atom is -0.352 e. The van der Waals surface area contributed by atoms with E-state index in [0.29, 0.717) is 12.1 Å². The summed E-state index contributed by atoms with van der Waals surface area (Å²) in [5, 5.41) is 3.04. The maximum atomic E-state index is 14.1. The van der Waals surface area contributed by atoms with Crippen molar-refractivity contribution < 1.29 is 18.0 Å². The quantitative estimate of drug-likeness (QED) is 0.280. The molecule has 0 spiro atoms. The average molecular weight is 662 g/mol. The third kappa shape index (κ3) is 9.06. The zero-order valence-corrected chi connectivity index (χ0v) is 25.8. The third-order valence-corrected chi connectivity index (χ3v) is 8.36. The van der Waals surface area contributed by atoms with Crippen molar-refractivity contribution in [3.63, 3.8) is 0 Å². The highest BCUT2D eigenvalue weighted by Crippen LogP contribution is 2.22. The Hall–Kier alpha value is -2.92. The Bertz CT molecular complexity index is 1360. The Kier molecular flexibility index (Phi) is 10.9. The van der Waals surface area contributed by atoms with Crippen LogP contribution < -0.4 is 9.62 Å². The molecule has 2 amide bonds. The van der Waals surface area contributed by atoms with Gasteiger partial charge in [-0.05, 0) is 78.3 Å². The van der Waals surface area contributed by atoms with Gasteiger partial charge in [-0.25, -0.2) is 8.42 Å². The van der Waals surface area contributed by atoms with Gasteiger partial charge < -0.3 is 10.2 Å². The molecule has 0 aromatic heterocycles. The van der Waals surface area contributed by atoms with Crippen LogP contribution in [0, 0.1) is 10.5 Å². The molecule has 3 rings (SSSR count). The van der Waals surface area contributed by atoms with Gasteiger partial charge in [0.1, 0.15) is 12.6 Å². The summed E-state index contributed by atoms with van der Waals surface area (Å²) in [6.07, 6.45) is 2.12. The Labute approximate surface area is 245 Å². The predicted octanol–water partition coefficient (Wildman–Crippen LogP) is 4.92. The van der Waals surface area contributed by atoms with E-state index in [1.807, 2.05) is 75.4 Å². The van der Waals surface area contributed by atoms with Crippen molar-refractivity contribution in [1.82, 2.24) is 10.2 Å². The van der Waals surface area contributed by atoms with Crippen LogP contribution in [0.15, 0.2) is 78.9 Å². The fraction of sp³-hybridized carbons (Fsp3) is 0.333. The number of carbonyl (C=O) groups excluding carboxylic acids is 2. The molecule has 0 heterocycles. The number of nitrogens with zero attached hydrogens (tertiary/aromatic N) is 2. The van der Waals surface area contributed by atoms with Crippen LogP contribution in [0.1, 0.15) is 37.0 Å². The van der Waals surface area contributed by atoms with Gasteiger partial charge in [-0.15, -0.1) is 0 Å². The lowest BCUT2D eigenvalue weighted by atomic mass is 10.0. The Morgan fingerprint density at radius 1 is 0.949 bits per heavy atom. The fourth-order valence-corrected chi connectivity index (χ4v) is 5.43. The molecule has 0 saturated carbocycles. The lowest BCUT2D eigenvalue weighted by Gasteiger charge is -2.34. The summed E-state index contributed by atoms with van der Waals surface area (Å²) in [6, 6.07) is 23.3. The smallest absolute Gasteiger partial charge is 0.244 e. The molecule has 2 atom stereocenters. The van der Waals surface area contributed by atoms with Gasteiger partial charge in [-0.2, -0.15) is 0 Å². The first-order valence-corrected chi connectivity index (χ1v) is 15.8. The minimum absolute atomic E-state index is 0.0778. The van der Waals surface area contributed by atoms with Gasteiger partial charge in [0.15, 0.2) is 0 Å². The van der Waals surface area contributed by atoms with E-state index >= 15 is 0 Å². The number of hydrogen-bond donors (Lipinski definition) is 1. The van der Waals surface area contributed by atoms with Crippen molar-refractivity contribution in [2.75, 3.05) is 17.1 Å². The van der Waals surface area contributed by atoms with Crippen molar-refractivity contribution in [2.24, 2.45) is 0 Å². The van der Waals surface area contributed by atoms with E-state index in [2.05, 4.69) is 27.9 Å². The number of carbonyl (C=O) groups is 2. The van der Waals surface area contributed by atoms with Gasteiger partial charge >= 0.3 is 0 Å². The zero-order chi connectivity index (χ0) is 28.6. The summed E-state index contributed by atoms with van der Waals surface area (Å²) in [6.45, 7) is 5.61. The number of halogens is 1. The van der Waals surface area contributed by atoms with Crippen LogP contribution in [0.3, 0.4) is 0 Å². The number of sulfonamides is 1. The largest absolute Gasteiger partial charge is 0.352 e. The summed E-state index contributed by atoms with van der Waals surface area (Å²) in [7, 11) is -3.78. The van der Waals surface area contributed by atoms with E-state index in [1.165, 1.54) is 4.90 Å². The molecule has 0 aliphatic carbocycles. The molecule has 9 heteroatoms. The lowest BCUT2D eigenvalue weighted by molar-refractivity contribution is -0.140. The minimum atomic E-state index is -3.78. The van der Waals surface area contributed by atoms with E-state index in [9.17, 15) is 18.0 Å². The highest BCUT2D eigenvalue weighted by atomic mass is 127. The second-order valence-corrected chi connectivity index (χ2v) is 12.9. The molecule has 0 bridgehead atoms. The topological polar surface area (TPSA) is 86.8 Å². The molecule has 0 radical (unpaired) electrons. The monoisotopic (exact) mass is 661 g/mol. The fourth-order valence-electron chi connectivity index (χ4n) is 4.22. The highest BCUT2D eigenvalue weighted by Gasteiger charge is 2.33. The van der Waals surface area contributed by atoms with E-state index in [4.69, 9.17) is 0 Å². The third-order valence-electron chi connectivity index (χ3n) is 6.50. The Balaban J connectivity index is 2.05. The first-order chi connectivity index (χ1) is 18.5. The van der Waals surface area contributed by atoms with Crippen LogP contribution in [0.5, 0.6) is 0 Å². The first-order valence-electron chi connectivity index (χ1n) is 12.9. The molecule has 39 heavy (non-hydrogen) atoms. The van der Waals surface area contributed by atoms with Crippen molar-refractivity contribution >= 4 is 50.1 Å². The van der Waals surface area contributed by atoms with E-state index in [0.717, 1.165) is 37.2 Å². The normalized spacial score (nSPS) is 12.8. The molecule has 3 aromatic carbocycles. The summed E-state index contributed by atoms with van der Waals surface area (Å²) in [4.78, 5) is 29.3. The van der Waals surface area contributed by atoms with Crippen molar-refractivity contribution in [2.45, 2.75) is 52.2 Å². The van der Waals surface area contributed by atoms with Gasteiger partial charge in [-0.3, -0.25) is 13.9 Å². The number of hydrogen-bond acceptors (Lipinski definition) is 4. The summed E-state index contributed by atoms with van der Waals surface area (Å²) in [5.74, 6) is -0.727. The molecule has 7 nitrogen and oxygen atoms in total. The van der Waals surface area contributed by atoms with Gasteiger partial charge in [0, 0.05) is 22.6 Å². The molecule has 0 fully saturated rings. The van der Waals surface area contributed by atoms with Gasteiger partial charge in [0.2, 0.25) is 21.8 Å². The molecule has 0 unspecified atom stereocenters. The van der Waals surface area contributed by atoms with Gasteiger partial charge in [0.25, 0.3) is 0 Å². The second-order valence-electron chi connectivity index (χ2n) is 9.78. The number of aryl methyl sites for hydroxylation is 1. The molecule has 0 saturated heterocycles. The number of amides is 2. The lowest BCUT2D eigenvalue weighted by Crippen LogP contribution is -2.54. The Morgan fingerprint density at radius 3 is 2.18 bits per heavy atom. The first kappa shape index (κ1) is 30.6. The number of anilines is 1. The number of nitrogens with one attached hydrogen (secondary N) is 1. The van der Waals surface area contributed by atoms with Crippen LogP contribution >= 0.6 is 22.6 Å². The molecule has 208 valence electrons. The molecule has 1 N–H and O–H groups in total. The maximum absolute atomic E-state index is 14.1. The highest BCUT2D eigenvalue weighted by molar-refractivity contribution is 14.1. The van der Waals surface area contributed by atoms with Crippen LogP contribution in [0.2, 0.25) is 0 Å².